The van der Waals surface area contributed by atoms with Gasteiger partial charge in [0.15, 0.2) is 0 Å². The van der Waals surface area contributed by atoms with Crippen molar-refractivity contribution in [2.24, 2.45) is 0 Å². The van der Waals surface area contributed by atoms with Gasteiger partial charge in [0.1, 0.15) is 0 Å². The highest BCUT2D eigenvalue weighted by molar-refractivity contribution is 6.30. The molecule has 2 aromatic rings. The molecule has 122 valence electrons. The van der Waals surface area contributed by atoms with Gasteiger partial charge in [-0.25, -0.2) is 0 Å². The Balaban J connectivity index is 1.36. The Bertz CT molecular complexity index is 577. The second kappa shape index (κ2) is 8.44. The van der Waals surface area contributed by atoms with E-state index in [9.17, 15) is 0 Å². The van der Waals surface area contributed by atoms with E-state index in [4.69, 9.17) is 11.6 Å². The summed E-state index contributed by atoms with van der Waals surface area (Å²) in [5.41, 5.74) is 2.69. The van der Waals surface area contributed by atoms with Gasteiger partial charge in [0.05, 0.1) is 0 Å². The van der Waals surface area contributed by atoms with E-state index in [0.29, 0.717) is 0 Å². The topological polar surface area (TPSA) is 19.4 Å². The Morgan fingerprint density at radius 1 is 0.913 bits per heavy atom. The number of hydrogen-bond donors (Lipinski definition) is 0. The molecule has 1 aromatic carbocycles. The fraction of sp³-hybridized carbons (Fsp3) is 0.421. The maximum Gasteiger partial charge on any atom is 0.0406 e. The van der Waals surface area contributed by atoms with Crippen LogP contribution in [0.15, 0.2) is 48.8 Å². The second-order valence-corrected chi connectivity index (χ2v) is 6.65. The summed E-state index contributed by atoms with van der Waals surface area (Å²) < 4.78 is 0. The average molecular weight is 330 g/mol. The van der Waals surface area contributed by atoms with E-state index in [1.807, 2.05) is 30.6 Å². The lowest BCUT2D eigenvalue weighted by Gasteiger charge is -2.34. The van der Waals surface area contributed by atoms with E-state index in [0.717, 1.165) is 31.1 Å². The molecular formula is C19H24ClN3. The predicted octanol–water partition coefficient (Wildman–Crippen LogP) is 3.49. The maximum absolute atomic E-state index is 5.94. The molecule has 4 heteroatoms. The van der Waals surface area contributed by atoms with E-state index in [-0.39, 0.29) is 0 Å². The van der Waals surface area contributed by atoms with Gasteiger partial charge in [-0.3, -0.25) is 9.88 Å². The van der Waals surface area contributed by atoms with Crippen LogP contribution in [0.2, 0.25) is 5.02 Å². The number of rotatable bonds is 6. The minimum absolute atomic E-state index is 0.812. The molecule has 0 N–H and O–H groups in total. The minimum atomic E-state index is 0.812. The molecular weight excluding hydrogens is 306 g/mol. The molecule has 0 bridgehead atoms. The van der Waals surface area contributed by atoms with Crippen molar-refractivity contribution in [1.29, 1.82) is 0 Å². The van der Waals surface area contributed by atoms with Gasteiger partial charge in [-0.2, -0.15) is 0 Å². The number of nitrogens with zero attached hydrogens (tertiary/aromatic N) is 3. The first-order chi connectivity index (χ1) is 11.3. The van der Waals surface area contributed by atoms with Crippen LogP contribution < -0.4 is 0 Å². The van der Waals surface area contributed by atoms with Gasteiger partial charge in [-0.1, -0.05) is 29.8 Å². The smallest absolute Gasteiger partial charge is 0.0406 e. The molecule has 0 unspecified atom stereocenters. The van der Waals surface area contributed by atoms with E-state index in [2.05, 4.69) is 33.0 Å². The lowest BCUT2D eigenvalue weighted by atomic mass is 10.1. The van der Waals surface area contributed by atoms with Gasteiger partial charge in [0, 0.05) is 50.1 Å². The van der Waals surface area contributed by atoms with Crippen molar-refractivity contribution in [3.63, 3.8) is 0 Å². The largest absolute Gasteiger partial charge is 0.301 e. The Hall–Kier alpha value is -1.42. The summed E-state index contributed by atoms with van der Waals surface area (Å²) in [5, 5.41) is 0.812. The van der Waals surface area contributed by atoms with Crippen molar-refractivity contribution >= 4 is 11.6 Å². The SMILES string of the molecule is Clc1ccc(CN2CCN(CCCc3cccnc3)CC2)cc1. The fourth-order valence-electron chi connectivity index (χ4n) is 3.07. The monoisotopic (exact) mass is 329 g/mol. The van der Waals surface area contributed by atoms with Gasteiger partial charge in [-0.15, -0.1) is 0 Å². The van der Waals surface area contributed by atoms with Gasteiger partial charge in [0.2, 0.25) is 0 Å². The standard InChI is InChI=1S/C19H24ClN3/c20-19-7-5-18(6-8-19)16-23-13-11-22(12-14-23)10-2-4-17-3-1-9-21-15-17/h1,3,5-9,15H,2,4,10-14,16H2. The van der Waals surface area contributed by atoms with Crippen molar-refractivity contribution in [2.45, 2.75) is 19.4 Å². The van der Waals surface area contributed by atoms with Crippen molar-refractivity contribution in [3.05, 3.63) is 64.9 Å². The Morgan fingerprint density at radius 2 is 1.65 bits per heavy atom. The summed E-state index contributed by atoms with van der Waals surface area (Å²) in [7, 11) is 0. The van der Waals surface area contributed by atoms with Crippen LogP contribution in [0.3, 0.4) is 0 Å². The van der Waals surface area contributed by atoms with Gasteiger partial charge < -0.3 is 4.90 Å². The Morgan fingerprint density at radius 3 is 2.35 bits per heavy atom. The first-order valence-corrected chi connectivity index (χ1v) is 8.75. The third kappa shape index (κ3) is 5.31. The van der Waals surface area contributed by atoms with Crippen LogP contribution in [-0.4, -0.2) is 47.5 Å². The number of hydrogen-bond acceptors (Lipinski definition) is 3. The zero-order valence-corrected chi connectivity index (χ0v) is 14.3. The van der Waals surface area contributed by atoms with Crippen LogP contribution in [0.5, 0.6) is 0 Å². The lowest BCUT2D eigenvalue weighted by molar-refractivity contribution is 0.126. The number of benzene rings is 1. The molecule has 23 heavy (non-hydrogen) atoms. The van der Waals surface area contributed by atoms with Crippen molar-refractivity contribution in [3.8, 4) is 0 Å². The molecule has 0 saturated carbocycles. The molecule has 0 amide bonds. The summed E-state index contributed by atoms with van der Waals surface area (Å²) in [6.07, 6.45) is 6.15. The average Bonchev–Trinajstić information content (AvgIpc) is 2.59. The molecule has 3 nitrogen and oxygen atoms in total. The van der Waals surface area contributed by atoms with E-state index in [1.54, 1.807) is 0 Å². The molecule has 0 aliphatic carbocycles. The van der Waals surface area contributed by atoms with E-state index < -0.39 is 0 Å². The van der Waals surface area contributed by atoms with Crippen LogP contribution in [0.1, 0.15) is 17.5 Å². The summed E-state index contributed by atoms with van der Waals surface area (Å²) in [5.74, 6) is 0. The quantitative estimate of drug-likeness (QED) is 0.808. The minimum Gasteiger partial charge on any atom is -0.301 e. The molecule has 0 spiro atoms. The molecule has 2 heterocycles. The van der Waals surface area contributed by atoms with Gasteiger partial charge in [0.25, 0.3) is 0 Å². The third-order valence-corrected chi connectivity index (χ3v) is 4.70. The third-order valence-electron chi connectivity index (χ3n) is 4.45. The number of aryl methyl sites for hydroxylation is 1. The second-order valence-electron chi connectivity index (χ2n) is 6.21. The molecule has 1 aromatic heterocycles. The molecule has 0 atom stereocenters. The fourth-order valence-corrected chi connectivity index (χ4v) is 3.20. The molecule has 1 saturated heterocycles. The molecule has 0 radical (unpaired) electrons. The summed E-state index contributed by atoms with van der Waals surface area (Å²) in [6, 6.07) is 12.4. The normalized spacial score (nSPS) is 16.6. The van der Waals surface area contributed by atoms with Crippen LogP contribution in [0.4, 0.5) is 0 Å². The predicted molar refractivity (Wildman–Crippen MR) is 95.7 cm³/mol. The van der Waals surface area contributed by atoms with Crippen molar-refractivity contribution in [1.82, 2.24) is 14.8 Å². The summed E-state index contributed by atoms with van der Waals surface area (Å²) >= 11 is 5.94. The lowest BCUT2D eigenvalue weighted by Crippen LogP contribution is -2.46. The van der Waals surface area contributed by atoms with E-state index in [1.165, 1.54) is 37.2 Å². The summed E-state index contributed by atoms with van der Waals surface area (Å²) in [4.78, 5) is 9.28. The zero-order chi connectivity index (χ0) is 15.9. The molecule has 1 aliphatic heterocycles. The Labute approximate surface area is 143 Å². The molecule has 3 rings (SSSR count). The van der Waals surface area contributed by atoms with E-state index >= 15 is 0 Å². The van der Waals surface area contributed by atoms with Gasteiger partial charge >= 0.3 is 0 Å². The highest BCUT2D eigenvalue weighted by atomic mass is 35.5. The van der Waals surface area contributed by atoms with Gasteiger partial charge in [-0.05, 0) is 48.7 Å². The number of halogens is 1. The molecule has 1 aliphatic rings. The number of piperazine rings is 1. The first-order valence-electron chi connectivity index (χ1n) is 8.38. The maximum atomic E-state index is 5.94. The van der Waals surface area contributed by atoms with Crippen LogP contribution in [0, 0.1) is 0 Å². The first kappa shape index (κ1) is 16.4. The zero-order valence-electron chi connectivity index (χ0n) is 13.5. The highest BCUT2D eigenvalue weighted by Gasteiger charge is 2.16. The van der Waals surface area contributed by atoms with Crippen LogP contribution in [0.25, 0.3) is 0 Å². The highest BCUT2D eigenvalue weighted by Crippen LogP contribution is 2.13. The molecule has 1 fully saturated rings. The summed E-state index contributed by atoms with van der Waals surface area (Å²) in [6.45, 7) is 6.84. The number of aromatic nitrogens is 1. The van der Waals surface area contributed by atoms with Crippen molar-refractivity contribution < 1.29 is 0 Å². The van der Waals surface area contributed by atoms with Crippen LogP contribution in [-0.2, 0) is 13.0 Å². The van der Waals surface area contributed by atoms with Crippen LogP contribution >= 0.6 is 11.6 Å². The number of pyridine rings is 1. The van der Waals surface area contributed by atoms with Crippen molar-refractivity contribution in [2.75, 3.05) is 32.7 Å². The Kier molecular flexibility index (Phi) is 6.03.